The first-order valence-corrected chi connectivity index (χ1v) is 7.84. The van der Waals surface area contributed by atoms with Gasteiger partial charge in [0.15, 0.2) is 0 Å². The van der Waals surface area contributed by atoms with Crippen molar-refractivity contribution in [3.05, 3.63) is 24.4 Å². The normalized spacial score (nSPS) is 17.4. The van der Waals surface area contributed by atoms with E-state index in [0.29, 0.717) is 25.5 Å². The number of nitrogens with one attached hydrogen (secondary N) is 1. The summed E-state index contributed by atoms with van der Waals surface area (Å²) in [6.45, 7) is 4.76. The van der Waals surface area contributed by atoms with E-state index < -0.39 is 0 Å². The SMILES string of the molecule is COCC(=O)N1CCCN(C(C)C(=O)Nc2ccccn2)CC1. The highest BCUT2D eigenvalue weighted by atomic mass is 16.5. The molecule has 7 nitrogen and oxygen atoms in total. The summed E-state index contributed by atoms with van der Waals surface area (Å²) < 4.78 is 4.90. The number of carbonyl (C=O) groups is 2. The Morgan fingerprint density at radius 1 is 1.30 bits per heavy atom. The number of anilines is 1. The second-order valence-electron chi connectivity index (χ2n) is 5.58. The van der Waals surface area contributed by atoms with Gasteiger partial charge in [0, 0.05) is 39.5 Å². The summed E-state index contributed by atoms with van der Waals surface area (Å²) in [5.41, 5.74) is 0. The molecule has 1 aliphatic rings. The zero-order valence-corrected chi connectivity index (χ0v) is 13.7. The molecular formula is C16H24N4O3. The molecule has 0 aliphatic carbocycles. The van der Waals surface area contributed by atoms with E-state index in [9.17, 15) is 9.59 Å². The maximum Gasteiger partial charge on any atom is 0.248 e. The van der Waals surface area contributed by atoms with Crippen LogP contribution in [-0.2, 0) is 14.3 Å². The van der Waals surface area contributed by atoms with Gasteiger partial charge in [0.2, 0.25) is 11.8 Å². The van der Waals surface area contributed by atoms with Crippen LogP contribution >= 0.6 is 0 Å². The van der Waals surface area contributed by atoms with Crippen LogP contribution in [0.2, 0.25) is 0 Å². The van der Waals surface area contributed by atoms with Crippen LogP contribution in [0.15, 0.2) is 24.4 Å². The summed E-state index contributed by atoms with van der Waals surface area (Å²) in [6.07, 6.45) is 2.49. The lowest BCUT2D eigenvalue weighted by Gasteiger charge is -2.26. The molecule has 2 rings (SSSR count). The van der Waals surface area contributed by atoms with Crippen molar-refractivity contribution in [2.75, 3.05) is 45.2 Å². The van der Waals surface area contributed by atoms with Gasteiger partial charge in [-0.15, -0.1) is 0 Å². The Hall–Kier alpha value is -1.99. The Labute approximate surface area is 136 Å². The summed E-state index contributed by atoms with van der Waals surface area (Å²) in [5.74, 6) is 0.469. The van der Waals surface area contributed by atoms with Crippen LogP contribution in [-0.4, -0.2) is 72.5 Å². The maximum absolute atomic E-state index is 12.3. The first-order chi connectivity index (χ1) is 11.1. The van der Waals surface area contributed by atoms with Crippen LogP contribution in [0.3, 0.4) is 0 Å². The topological polar surface area (TPSA) is 74.8 Å². The highest BCUT2D eigenvalue weighted by Crippen LogP contribution is 2.10. The second-order valence-corrected chi connectivity index (χ2v) is 5.58. The zero-order valence-electron chi connectivity index (χ0n) is 13.7. The highest BCUT2D eigenvalue weighted by molar-refractivity contribution is 5.93. The molecule has 2 amide bonds. The van der Waals surface area contributed by atoms with E-state index in [1.807, 2.05) is 13.0 Å². The molecule has 0 bridgehead atoms. The predicted octanol–water partition coefficient (Wildman–Crippen LogP) is 0.589. The van der Waals surface area contributed by atoms with E-state index in [2.05, 4.69) is 15.2 Å². The molecule has 1 N–H and O–H groups in total. The number of hydrogen-bond donors (Lipinski definition) is 1. The minimum atomic E-state index is -0.269. The minimum Gasteiger partial charge on any atom is -0.375 e. The lowest BCUT2D eigenvalue weighted by molar-refractivity contribution is -0.135. The molecule has 1 aliphatic heterocycles. The van der Waals surface area contributed by atoms with E-state index in [4.69, 9.17) is 4.74 Å². The predicted molar refractivity (Wildman–Crippen MR) is 87.0 cm³/mol. The monoisotopic (exact) mass is 320 g/mol. The molecule has 1 saturated heterocycles. The van der Waals surface area contributed by atoms with Crippen molar-refractivity contribution in [1.82, 2.24) is 14.8 Å². The highest BCUT2D eigenvalue weighted by Gasteiger charge is 2.25. The number of amides is 2. The summed E-state index contributed by atoms with van der Waals surface area (Å²) in [7, 11) is 1.52. The van der Waals surface area contributed by atoms with Gasteiger partial charge in [-0.05, 0) is 25.5 Å². The van der Waals surface area contributed by atoms with Crippen molar-refractivity contribution in [3.63, 3.8) is 0 Å². The first kappa shape index (κ1) is 17.4. The van der Waals surface area contributed by atoms with E-state index in [1.165, 1.54) is 7.11 Å². The summed E-state index contributed by atoms with van der Waals surface area (Å²) in [6, 6.07) is 5.13. The maximum atomic E-state index is 12.3. The van der Waals surface area contributed by atoms with Gasteiger partial charge in [0.05, 0.1) is 6.04 Å². The zero-order chi connectivity index (χ0) is 16.7. The van der Waals surface area contributed by atoms with Crippen LogP contribution in [0.1, 0.15) is 13.3 Å². The number of carbonyl (C=O) groups excluding carboxylic acids is 2. The standard InChI is InChI=1S/C16H24N4O3/c1-13(16(22)18-14-6-3-4-7-17-14)19-8-5-9-20(11-10-19)15(21)12-23-2/h3-4,6-7,13H,5,8-12H2,1-2H3,(H,17,18,22). The quantitative estimate of drug-likeness (QED) is 0.859. The van der Waals surface area contributed by atoms with Crippen LogP contribution in [0.25, 0.3) is 0 Å². The third-order valence-electron chi connectivity index (χ3n) is 3.99. The van der Waals surface area contributed by atoms with Gasteiger partial charge in [-0.25, -0.2) is 4.98 Å². The fourth-order valence-electron chi connectivity index (χ4n) is 2.62. The summed E-state index contributed by atoms with van der Waals surface area (Å²) in [5, 5.41) is 2.82. The molecule has 1 fully saturated rings. The summed E-state index contributed by atoms with van der Waals surface area (Å²) >= 11 is 0. The number of ether oxygens (including phenoxy) is 1. The van der Waals surface area contributed by atoms with Gasteiger partial charge in [0.1, 0.15) is 12.4 Å². The molecule has 0 saturated carbocycles. The number of hydrogen-bond acceptors (Lipinski definition) is 5. The molecule has 0 spiro atoms. The average molecular weight is 320 g/mol. The fraction of sp³-hybridized carbons (Fsp3) is 0.562. The number of nitrogens with zero attached hydrogens (tertiary/aromatic N) is 3. The van der Waals surface area contributed by atoms with Crippen molar-refractivity contribution < 1.29 is 14.3 Å². The molecule has 1 atom stereocenters. The first-order valence-electron chi connectivity index (χ1n) is 7.84. The Balaban J connectivity index is 1.88. The summed E-state index contributed by atoms with van der Waals surface area (Å²) in [4.78, 5) is 32.2. The van der Waals surface area contributed by atoms with Crippen LogP contribution in [0.5, 0.6) is 0 Å². The molecular weight excluding hydrogens is 296 g/mol. The second kappa shape index (κ2) is 8.59. The average Bonchev–Trinajstić information content (AvgIpc) is 2.81. The van der Waals surface area contributed by atoms with Crippen molar-refractivity contribution in [3.8, 4) is 0 Å². The Kier molecular flexibility index (Phi) is 6.49. The third kappa shape index (κ3) is 5.01. The Bertz CT molecular complexity index is 523. The van der Waals surface area contributed by atoms with Crippen LogP contribution in [0.4, 0.5) is 5.82 Å². The van der Waals surface area contributed by atoms with E-state index in [0.717, 1.165) is 13.0 Å². The van der Waals surface area contributed by atoms with E-state index in [1.54, 1.807) is 23.2 Å². The Morgan fingerprint density at radius 2 is 2.13 bits per heavy atom. The van der Waals surface area contributed by atoms with Gasteiger partial charge >= 0.3 is 0 Å². The number of methoxy groups -OCH3 is 1. The van der Waals surface area contributed by atoms with Gasteiger partial charge in [-0.3, -0.25) is 14.5 Å². The molecule has 126 valence electrons. The molecule has 1 aromatic rings. The molecule has 7 heteroatoms. The van der Waals surface area contributed by atoms with E-state index in [-0.39, 0.29) is 24.5 Å². The largest absolute Gasteiger partial charge is 0.375 e. The molecule has 23 heavy (non-hydrogen) atoms. The van der Waals surface area contributed by atoms with Crippen LogP contribution in [0, 0.1) is 0 Å². The molecule has 1 unspecified atom stereocenters. The molecule has 1 aromatic heterocycles. The number of pyridine rings is 1. The Morgan fingerprint density at radius 3 is 2.83 bits per heavy atom. The van der Waals surface area contributed by atoms with Crippen LogP contribution < -0.4 is 5.32 Å². The van der Waals surface area contributed by atoms with E-state index >= 15 is 0 Å². The lowest BCUT2D eigenvalue weighted by Crippen LogP contribution is -2.44. The van der Waals surface area contributed by atoms with Crippen molar-refractivity contribution in [2.24, 2.45) is 0 Å². The van der Waals surface area contributed by atoms with Crippen molar-refractivity contribution >= 4 is 17.6 Å². The van der Waals surface area contributed by atoms with Crippen molar-refractivity contribution in [2.45, 2.75) is 19.4 Å². The van der Waals surface area contributed by atoms with Gasteiger partial charge in [0.25, 0.3) is 0 Å². The fourth-order valence-corrected chi connectivity index (χ4v) is 2.62. The molecule has 0 radical (unpaired) electrons. The lowest BCUT2D eigenvalue weighted by atomic mass is 10.2. The van der Waals surface area contributed by atoms with Gasteiger partial charge < -0.3 is 15.0 Å². The third-order valence-corrected chi connectivity index (χ3v) is 3.99. The van der Waals surface area contributed by atoms with Gasteiger partial charge in [-0.2, -0.15) is 0 Å². The smallest absolute Gasteiger partial charge is 0.248 e. The van der Waals surface area contributed by atoms with Crippen molar-refractivity contribution in [1.29, 1.82) is 0 Å². The van der Waals surface area contributed by atoms with Gasteiger partial charge in [-0.1, -0.05) is 6.07 Å². The number of aromatic nitrogens is 1. The minimum absolute atomic E-state index is 0.0000554. The molecule has 2 heterocycles. The number of rotatable bonds is 5. The molecule has 0 aromatic carbocycles.